The lowest BCUT2D eigenvalue weighted by molar-refractivity contribution is 0.199. The Bertz CT molecular complexity index is 181. The monoisotopic (exact) mass is 166 g/mol. The van der Waals surface area contributed by atoms with E-state index in [9.17, 15) is 0 Å². The van der Waals surface area contributed by atoms with Gasteiger partial charge in [-0.1, -0.05) is 39.3 Å². The zero-order chi connectivity index (χ0) is 9.35. The van der Waals surface area contributed by atoms with Crippen molar-refractivity contribution in [2.45, 2.75) is 47.5 Å². The second kappa shape index (κ2) is 3.24. The molecule has 2 atom stereocenters. The van der Waals surface area contributed by atoms with Crippen molar-refractivity contribution in [3.8, 4) is 0 Å². The summed E-state index contributed by atoms with van der Waals surface area (Å²) in [6.45, 7) is 11.7. The second-order valence-corrected chi connectivity index (χ2v) is 5.49. The molecule has 0 bridgehead atoms. The standard InChI is InChI=1S/C12H22/c1-9-6-10(2)8-11(7-9)12(3,4)5/h6,9,11H,7-8H2,1-5H3/t9-,11-/m0/s1. The van der Waals surface area contributed by atoms with E-state index in [1.54, 1.807) is 5.57 Å². The minimum atomic E-state index is 0.490. The minimum Gasteiger partial charge on any atom is -0.0827 e. The Morgan fingerprint density at radius 1 is 1.33 bits per heavy atom. The molecule has 0 fully saturated rings. The molecule has 0 nitrogen and oxygen atoms in total. The van der Waals surface area contributed by atoms with E-state index in [2.05, 4.69) is 40.7 Å². The molecule has 0 aromatic heterocycles. The van der Waals surface area contributed by atoms with Crippen molar-refractivity contribution in [1.29, 1.82) is 0 Å². The molecular formula is C12H22. The molecule has 1 rings (SSSR count). The fraction of sp³-hybridized carbons (Fsp3) is 0.833. The van der Waals surface area contributed by atoms with Crippen molar-refractivity contribution in [2.75, 3.05) is 0 Å². The molecular weight excluding hydrogens is 144 g/mol. The van der Waals surface area contributed by atoms with Gasteiger partial charge in [0, 0.05) is 0 Å². The first-order valence-corrected chi connectivity index (χ1v) is 5.07. The molecule has 1 aliphatic rings. The van der Waals surface area contributed by atoms with Gasteiger partial charge in [-0.15, -0.1) is 0 Å². The van der Waals surface area contributed by atoms with Crippen molar-refractivity contribution in [3.63, 3.8) is 0 Å². The number of rotatable bonds is 0. The predicted molar refractivity (Wildman–Crippen MR) is 55.1 cm³/mol. The van der Waals surface area contributed by atoms with Crippen LogP contribution in [0.2, 0.25) is 0 Å². The van der Waals surface area contributed by atoms with Gasteiger partial charge in [-0.05, 0) is 37.0 Å². The molecule has 0 aromatic rings. The van der Waals surface area contributed by atoms with E-state index in [4.69, 9.17) is 0 Å². The Kier molecular flexibility index (Phi) is 2.65. The summed E-state index contributed by atoms with van der Waals surface area (Å²) in [6, 6.07) is 0. The Morgan fingerprint density at radius 3 is 2.33 bits per heavy atom. The summed E-state index contributed by atoms with van der Waals surface area (Å²) < 4.78 is 0. The molecule has 0 N–H and O–H groups in total. The third-order valence-electron chi connectivity index (χ3n) is 3.02. The highest BCUT2D eigenvalue weighted by Gasteiger charge is 2.28. The molecule has 0 aromatic carbocycles. The lowest BCUT2D eigenvalue weighted by atomic mass is 9.70. The number of allylic oxidation sites excluding steroid dienone is 2. The summed E-state index contributed by atoms with van der Waals surface area (Å²) in [6.07, 6.45) is 5.12. The van der Waals surface area contributed by atoms with Gasteiger partial charge in [0.05, 0.1) is 0 Å². The van der Waals surface area contributed by atoms with Crippen LogP contribution in [-0.4, -0.2) is 0 Å². The van der Waals surface area contributed by atoms with Crippen molar-refractivity contribution in [3.05, 3.63) is 11.6 Å². The summed E-state index contributed by atoms with van der Waals surface area (Å²) in [4.78, 5) is 0. The summed E-state index contributed by atoms with van der Waals surface area (Å²) in [5.41, 5.74) is 2.08. The van der Waals surface area contributed by atoms with Gasteiger partial charge in [0.25, 0.3) is 0 Å². The normalized spacial score (nSPS) is 31.6. The molecule has 0 amide bonds. The van der Waals surface area contributed by atoms with Crippen LogP contribution in [0.4, 0.5) is 0 Å². The fourth-order valence-electron chi connectivity index (χ4n) is 2.20. The van der Waals surface area contributed by atoms with Crippen LogP contribution in [0.5, 0.6) is 0 Å². The lowest BCUT2D eigenvalue weighted by Gasteiger charge is -2.35. The maximum Gasteiger partial charge on any atom is -0.0256 e. The Hall–Kier alpha value is -0.260. The average molecular weight is 166 g/mol. The summed E-state index contributed by atoms with van der Waals surface area (Å²) >= 11 is 0. The smallest absolute Gasteiger partial charge is 0.0256 e. The van der Waals surface area contributed by atoms with Crippen LogP contribution in [-0.2, 0) is 0 Å². The molecule has 0 radical (unpaired) electrons. The first-order valence-electron chi connectivity index (χ1n) is 5.07. The van der Waals surface area contributed by atoms with E-state index in [0.717, 1.165) is 11.8 Å². The van der Waals surface area contributed by atoms with Crippen LogP contribution in [0.15, 0.2) is 11.6 Å². The van der Waals surface area contributed by atoms with Crippen molar-refractivity contribution >= 4 is 0 Å². The van der Waals surface area contributed by atoms with Crippen LogP contribution in [0.25, 0.3) is 0 Å². The Labute approximate surface area is 77.1 Å². The average Bonchev–Trinajstić information content (AvgIpc) is 1.82. The van der Waals surface area contributed by atoms with E-state index in [1.165, 1.54) is 12.8 Å². The topological polar surface area (TPSA) is 0 Å². The van der Waals surface area contributed by atoms with Gasteiger partial charge in [0.1, 0.15) is 0 Å². The van der Waals surface area contributed by atoms with E-state index in [0.29, 0.717) is 5.41 Å². The molecule has 0 heteroatoms. The molecule has 12 heavy (non-hydrogen) atoms. The van der Waals surface area contributed by atoms with Crippen LogP contribution in [0, 0.1) is 17.3 Å². The first kappa shape index (κ1) is 9.83. The Morgan fingerprint density at radius 2 is 1.92 bits per heavy atom. The van der Waals surface area contributed by atoms with Crippen molar-refractivity contribution in [1.82, 2.24) is 0 Å². The number of hydrogen-bond donors (Lipinski definition) is 0. The summed E-state index contributed by atoms with van der Waals surface area (Å²) in [5.74, 6) is 1.68. The van der Waals surface area contributed by atoms with E-state index < -0.39 is 0 Å². The second-order valence-electron chi connectivity index (χ2n) is 5.49. The fourth-order valence-corrected chi connectivity index (χ4v) is 2.20. The van der Waals surface area contributed by atoms with Crippen LogP contribution < -0.4 is 0 Å². The quantitative estimate of drug-likeness (QED) is 0.477. The maximum absolute atomic E-state index is 2.43. The lowest BCUT2D eigenvalue weighted by Crippen LogP contribution is -2.25. The molecule has 70 valence electrons. The molecule has 0 heterocycles. The van der Waals surface area contributed by atoms with E-state index in [-0.39, 0.29) is 0 Å². The molecule has 0 unspecified atom stereocenters. The molecule has 0 saturated carbocycles. The highest BCUT2D eigenvalue weighted by atomic mass is 14.3. The van der Waals surface area contributed by atoms with Gasteiger partial charge in [-0.3, -0.25) is 0 Å². The summed E-state index contributed by atoms with van der Waals surface area (Å²) in [7, 11) is 0. The predicted octanol–water partition coefficient (Wildman–Crippen LogP) is 4.02. The van der Waals surface area contributed by atoms with Gasteiger partial charge >= 0.3 is 0 Å². The summed E-state index contributed by atoms with van der Waals surface area (Å²) in [5, 5.41) is 0. The SMILES string of the molecule is CC1=C[C@H](C)C[C@H](C(C)(C)C)C1. The third-order valence-corrected chi connectivity index (χ3v) is 3.02. The molecule has 0 saturated heterocycles. The molecule has 0 spiro atoms. The maximum atomic E-state index is 2.43. The van der Waals surface area contributed by atoms with Gasteiger partial charge in [0.2, 0.25) is 0 Å². The number of hydrogen-bond acceptors (Lipinski definition) is 0. The van der Waals surface area contributed by atoms with Gasteiger partial charge < -0.3 is 0 Å². The van der Waals surface area contributed by atoms with Gasteiger partial charge in [-0.25, -0.2) is 0 Å². The zero-order valence-electron chi connectivity index (χ0n) is 9.15. The van der Waals surface area contributed by atoms with Crippen molar-refractivity contribution < 1.29 is 0 Å². The van der Waals surface area contributed by atoms with E-state index in [1.807, 2.05) is 0 Å². The van der Waals surface area contributed by atoms with Crippen LogP contribution >= 0.6 is 0 Å². The van der Waals surface area contributed by atoms with E-state index >= 15 is 0 Å². The largest absolute Gasteiger partial charge is 0.0827 e. The zero-order valence-corrected chi connectivity index (χ0v) is 9.15. The Balaban J connectivity index is 2.68. The minimum absolute atomic E-state index is 0.490. The highest BCUT2D eigenvalue weighted by molar-refractivity contribution is 5.07. The molecule has 1 aliphatic carbocycles. The van der Waals surface area contributed by atoms with Gasteiger partial charge in [-0.2, -0.15) is 0 Å². The van der Waals surface area contributed by atoms with Gasteiger partial charge in [0.15, 0.2) is 0 Å². The first-order chi connectivity index (χ1) is 5.39. The van der Waals surface area contributed by atoms with Crippen molar-refractivity contribution in [2.24, 2.45) is 17.3 Å². The third kappa shape index (κ3) is 2.36. The highest BCUT2D eigenvalue weighted by Crippen LogP contribution is 2.39. The molecule has 0 aliphatic heterocycles. The van der Waals surface area contributed by atoms with Crippen LogP contribution in [0.1, 0.15) is 47.5 Å². The van der Waals surface area contributed by atoms with Crippen LogP contribution in [0.3, 0.4) is 0 Å².